The number of nitrogens with one attached hydrogen (secondary N) is 1. The minimum absolute atomic E-state index is 0.102. The number of rotatable bonds is 4. The summed E-state index contributed by atoms with van der Waals surface area (Å²) in [5.74, 6) is 0.483. The molecule has 0 bridgehead atoms. The first-order chi connectivity index (χ1) is 11.2. The lowest BCUT2D eigenvalue weighted by atomic mass is 10.1. The Labute approximate surface area is 131 Å². The fourth-order valence-corrected chi connectivity index (χ4v) is 2.19. The van der Waals surface area contributed by atoms with Crippen molar-refractivity contribution in [3.8, 4) is 11.5 Å². The van der Waals surface area contributed by atoms with Gasteiger partial charge in [0.1, 0.15) is 17.3 Å². The van der Waals surface area contributed by atoms with Crippen LogP contribution in [0.4, 0.5) is 10.1 Å². The van der Waals surface area contributed by atoms with Crippen molar-refractivity contribution in [3.63, 3.8) is 0 Å². The largest absolute Gasteiger partial charge is 0.457 e. The smallest absolute Gasteiger partial charge is 0.238 e. The number of amides is 1. The summed E-state index contributed by atoms with van der Waals surface area (Å²) in [6, 6.07) is 11.0. The van der Waals surface area contributed by atoms with Gasteiger partial charge >= 0.3 is 0 Å². The van der Waals surface area contributed by atoms with Gasteiger partial charge in [-0.15, -0.1) is 0 Å². The summed E-state index contributed by atoms with van der Waals surface area (Å²) in [5, 5.41) is 4.23. The zero-order valence-corrected chi connectivity index (χ0v) is 12.1. The van der Waals surface area contributed by atoms with Crippen LogP contribution in [0.3, 0.4) is 0 Å². The molecule has 116 valence electrons. The van der Waals surface area contributed by atoms with Crippen LogP contribution in [0.5, 0.6) is 11.5 Å². The second-order valence-electron chi connectivity index (χ2n) is 4.84. The van der Waals surface area contributed by atoms with E-state index >= 15 is 0 Å². The Morgan fingerprint density at radius 1 is 1.13 bits per heavy atom. The van der Waals surface area contributed by atoms with E-state index in [1.165, 1.54) is 12.1 Å². The number of carbonyl (C=O) groups is 1. The van der Waals surface area contributed by atoms with Crippen molar-refractivity contribution in [3.05, 3.63) is 60.7 Å². The summed E-state index contributed by atoms with van der Waals surface area (Å²) < 4.78 is 18.8. The van der Waals surface area contributed by atoms with Crippen molar-refractivity contribution in [1.29, 1.82) is 0 Å². The number of nitrogens with zero attached hydrogens (tertiary/aromatic N) is 1. The van der Waals surface area contributed by atoms with E-state index in [1.54, 1.807) is 42.7 Å². The second kappa shape index (κ2) is 6.41. The van der Waals surface area contributed by atoms with Crippen molar-refractivity contribution in [2.45, 2.75) is 0 Å². The lowest BCUT2D eigenvalue weighted by Gasteiger charge is -2.12. The van der Waals surface area contributed by atoms with E-state index in [1.807, 2.05) is 0 Å². The molecule has 3 aromatic rings. The van der Waals surface area contributed by atoms with Crippen LogP contribution in [0, 0.1) is 5.82 Å². The third kappa shape index (κ3) is 3.27. The molecule has 0 aliphatic carbocycles. The predicted molar refractivity (Wildman–Crippen MR) is 85.9 cm³/mol. The molecule has 0 aliphatic rings. The molecule has 0 atom stereocenters. The maximum absolute atomic E-state index is 13.0. The van der Waals surface area contributed by atoms with E-state index in [2.05, 4.69) is 10.3 Å². The second-order valence-corrected chi connectivity index (χ2v) is 4.84. The van der Waals surface area contributed by atoms with Gasteiger partial charge in [-0.05, 0) is 42.5 Å². The molecule has 0 saturated heterocycles. The van der Waals surface area contributed by atoms with Crippen molar-refractivity contribution >= 4 is 22.4 Å². The Morgan fingerprint density at radius 2 is 1.91 bits per heavy atom. The molecular weight excluding hydrogens is 297 g/mol. The number of benzene rings is 2. The molecule has 3 rings (SSSR count). The molecule has 3 N–H and O–H groups in total. The zero-order valence-electron chi connectivity index (χ0n) is 12.1. The van der Waals surface area contributed by atoms with Gasteiger partial charge in [-0.1, -0.05) is 0 Å². The Hall–Kier alpha value is -2.99. The normalized spacial score (nSPS) is 10.5. The Balaban J connectivity index is 2.00. The summed E-state index contributed by atoms with van der Waals surface area (Å²) >= 11 is 0. The third-order valence-electron chi connectivity index (χ3n) is 3.28. The van der Waals surface area contributed by atoms with Crippen LogP contribution < -0.4 is 15.8 Å². The number of halogens is 1. The first kappa shape index (κ1) is 14.9. The van der Waals surface area contributed by atoms with E-state index in [4.69, 9.17) is 10.5 Å². The van der Waals surface area contributed by atoms with Gasteiger partial charge in [-0.25, -0.2) is 4.39 Å². The van der Waals surface area contributed by atoms with Crippen LogP contribution in [0.1, 0.15) is 0 Å². The van der Waals surface area contributed by atoms with Crippen LogP contribution in [-0.2, 0) is 4.79 Å². The van der Waals surface area contributed by atoms with Gasteiger partial charge in [0.2, 0.25) is 5.91 Å². The lowest BCUT2D eigenvalue weighted by molar-refractivity contribution is -0.114. The topological polar surface area (TPSA) is 77.2 Å². The van der Waals surface area contributed by atoms with Crippen LogP contribution in [0.15, 0.2) is 54.9 Å². The number of hydrogen-bond acceptors (Lipinski definition) is 4. The lowest BCUT2D eigenvalue weighted by Crippen LogP contribution is -2.21. The molecule has 2 aromatic carbocycles. The number of anilines is 1. The summed E-state index contributed by atoms with van der Waals surface area (Å²) in [6.45, 7) is -0.102. The maximum atomic E-state index is 13.0. The van der Waals surface area contributed by atoms with Gasteiger partial charge in [0.25, 0.3) is 0 Å². The standard InChI is InChI=1S/C17H14FN3O2/c18-11-1-3-12(4-2-11)23-16-6-5-15(21-17(22)9-19)14-10-20-8-7-13(14)16/h1-8,10H,9,19H2,(H,21,22). The Morgan fingerprint density at radius 3 is 2.65 bits per heavy atom. The summed E-state index contributed by atoms with van der Waals surface area (Å²) in [5.41, 5.74) is 5.93. The van der Waals surface area contributed by atoms with Gasteiger partial charge in [0.05, 0.1) is 12.2 Å². The molecule has 6 heteroatoms. The number of fused-ring (bicyclic) bond motifs is 1. The average molecular weight is 311 g/mol. The fourth-order valence-electron chi connectivity index (χ4n) is 2.19. The molecule has 0 saturated carbocycles. The van der Waals surface area contributed by atoms with Gasteiger partial charge in [-0.3, -0.25) is 9.78 Å². The molecule has 5 nitrogen and oxygen atoms in total. The van der Waals surface area contributed by atoms with Crippen LogP contribution >= 0.6 is 0 Å². The van der Waals surface area contributed by atoms with Gasteiger partial charge < -0.3 is 15.8 Å². The number of ether oxygens (including phenoxy) is 1. The van der Waals surface area contributed by atoms with Crippen molar-refractivity contribution in [1.82, 2.24) is 4.98 Å². The van der Waals surface area contributed by atoms with Gasteiger partial charge in [0.15, 0.2) is 0 Å². The van der Waals surface area contributed by atoms with Gasteiger partial charge in [0, 0.05) is 23.2 Å². The highest BCUT2D eigenvalue weighted by molar-refractivity contribution is 6.04. The molecule has 0 radical (unpaired) electrons. The summed E-state index contributed by atoms with van der Waals surface area (Å²) in [6.07, 6.45) is 3.27. The van der Waals surface area contributed by atoms with E-state index in [9.17, 15) is 9.18 Å². The molecule has 1 heterocycles. The van der Waals surface area contributed by atoms with Crippen molar-refractivity contribution in [2.24, 2.45) is 5.73 Å². The Kier molecular flexibility index (Phi) is 4.16. The summed E-state index contributed by atoms with van der Waals surface area (Å²) in [4.78, 5) is 15.6. The number of aromatic nitrogens is 1. The van der Waals surface area contributed by atoms with Crippen LogP contribution in [0.2, 0.25) is 0 Å². The third-order valence-corrected chi connectivity index (χ3v) is 3.28. The van der Waals surface area contributed by atoms with Gasteiger partial charge in [-0.2, -0.15) is 0 Å². The highest BCUT2D eigenvalue weighted by Gasteiger charge is 2.10. The SMILES string of the molecule is NCC(=O)Nc1ccc(Oc2ccc(F)cc2)c2ccncc12. The minimum atomic E-state index is -0.328. The zero-order chi connectivity index (χ0) is 16.2. The molecule has 1 aromatic heterocycles. The minimum Gasteiger partial charge on any atom is -0.457 e. The monoisotopic (exact) mass is 311 g/mol. The van der Waals surface area contributed by atoms with Crippen LogP contribution in [-0.4, -0.2) is 17.4 Å². The molecule has 0 spiro atoms. The fraction of sp³-hybridized carbons (Fsp3) is 0.0588. The quantitative estimate of drug-likeness (QED) is 0.776. The highest BCUT2D eigenvalue weighted by atomic mass is 19.1. The number of hydrogen-bond donors (Lipinski definition) is 2. The first-order valence-electron chi connectivity index (χ1n) is 6.97. The number of carbonyl (C=O) groups excluding carboxylic acids is 1. The maximum Gasteiger partial charge on any atom is 0.238 e. The molecule has 0 fully saturated rings. The first-order valence-corrected chi connectivity index (χ1v) is 6.97. The molecule has 23 heavy (non-hydrogen) atoms. The molecule has 0 aliphatic heterocycles. The van der Waals surface area contributed by atoms with E-state index in [0.29, 0.717) is 17.2 Å². The predicted octanol–water partition coefficient (Wildman–Crippen LogP) is 3.06. The Bertz CT molecular complexity index is 850. The average Bonchev–Trinajstić information content (AvgIpc) is 2.59. The molecule has 0 unspecified atom stereocenters. The van der Waals surface area contributed by atoms with E-state index in [-0.39, 0.29) is 18.3 Å². The molecular formula is C17H14FN3O2. The number of nitrogens with two attached hydrogens (primary N) is 1. The van der Waals surface area contributed by atoms with Crippen molar-refractivity contribution < 1.29 is 13.9 Å². The van der Waals surface area contributed by atoms with E-state index < -0.39 is 0 Å². The summed E-state index contributed by atoms with van der Waals surface area (Å²) in [7, 11) is 0. The number of pyridine rings is 1. The molecule has 1 amide bonds. The van der Waals surface area contributed by atoms with E-state index in [0.717, 1.165) is 10.8 Å². The van der Waals surface area contributed by atoms with Crippen LogP contribution in [0.25, 0.3) is 10.8 Å². The highest BCUT2D eigenvalue weighted by Crippen LogP contribution is 2.33. The van der Waals surface area contributed by atoms with Crippen molar-refractivity contribution in [2.75, 3.05) is 11.9 Å².